The van der Waals surface area contributed by atoms with Crippen molar-refractivity contribution in [2.24, 2.45) is 0 Å². The number of nitrogens with one attached hydrogen (secondary N) is 1. The lowest BCUT2D eigenvalue weighted by atomic mass is 10.1. The topological polar surface area (TPSA) is 63.2 Å². The van der Waals surface area contributed by atoms with Gasteiger partial charge in [-0.2, -0.15) is 0 Å². The third kappa shape index (κ3) is 4.11. The van der Waals surface area contributed by atoms with E-state index in [-0.39, 0.29) is 16.8 Å². The van der Waals surface area contributed by atoms with Gasteiger partial charge in [-0.25, -0.2) is 8.42 Å². The number of alkyl halides is 1. The second kappa shape index (κ2) is 5.16. The van der Waals surface area contributed by atoms with Gasteiger partial charge in [0.15, 0.2) is 5.78 Å². The SMILES string of the molecule is CS(=O)(=O)Nc1cc(Cl)cc(C(=O)CBr)c1. The number of sulfonamides is 1. The van der Waals surface area contributed by atoms with Crippen LogP contribution in [0.4, 0.5) is 5.69 Å². The van der Waals surface area contributed by atoms with E-state index < -0.39 is 10.0 Å². The molecule has 7 heteroatoms. The fourth-order valence-corrected chi connectivity index (χ4v) is 2.21. The summed E-state index contributed by atoms with van der Waals surface area (Å²) in [5.74, 6) is -0.168. The summed E-state index contributed by atoms with van der Waals surface area (Å²) < 4.78 is 24.3. The molecule has 1 N–H and O–H groups in total. The van der Waals surface area contributed by atoms with Crippen LogP contribution in [0.2, 0.25) is 5.02 Å². The monoisotopic (exact) mass is 325 g/mol. The second-order valence-electron chi connectivity index (χ2n) is 3.16. The van der Waals surface area contributed by atoms with E-state index in [1.54, 1.807) is 0 Å². The first kappa shape index (κ1) is 13.5. The first-order valence-corrected chi connectivity index (χ1v) is 7.58. The standard InChI is InChI=1S/C9H9BrClNO3S/c1-16(14,15)12-8-3-6(9(13)5-10)2-7(11)4-8/h2-4,12H,5H2,1H3. The van der Waals surface area contributed by atoms with E-state index >= 15 is 0 Å². The van der Waals surface area contributed by atoms with Gasteiger partial charge in [0, 0.05) is 10.6 Å². The number of hydrogen-bond acceptors (Lipinski definition) is 3. The molecule has 0 aromatic heterocycles. The minimum Gasteiger partial charge on any atom is -0.293 e. The van der Waals surface area contributed by atoms with Crippen molar-refractivity contribution >= 4 is 49.0 Å². The number of benzene rings is 1. The Balaban J connectivity index is 3.13. The van der Waals surface area contributed by atoms with Crippen LogP contribution in [0.5, 0.6) is 0 Å². The number of rotatable bonds is 4. The number of hydrogen-bond donors (Lipinski definition) is 1. The van der Waals surface area contributed by atoms with E-state index in [1.165, 1.54) is 18.2 Å². The van der Waals surface area contributed by atoms with Gasteiger partial charge in [0.05, 0.1) is 17.3 Å². The maximum atomic E-state index is 11.4. The van der Waals surface area contributed by atoms with E-state index in [0.29, 0.717) is 10.6 Å². The Morgan fingerprint density at radius 1 is 1.44 bits per heavy atom. The Morgan fingerprint density at radius 2 is 2.06 bits per heavy atom. The molecular weight excluding hydrogens is 318 g/mol. The zero-order chi connectivity index (χ0) is 12.3. The van der Waals surface area contributed by atoms with Gasteiger partial charge in [0.25, 0.3) is 0 Å². The summed E-state index contributed by atoms with van der Waals surface area (Å²) in [5, 5.41) is 0.462. The van der Waals surface area contributed by atoms with Crippen molar-refractivity contribution in [2.45, 2.75) is 0 Å². The van der Waals surface area contributed by atoms with E-state index in [9.17, 15) is 13.2 Å². The summed E-state index contributed by atoms with van der Waals surface area (Å²) in [4.78, 5) is 11.4. The molecule has 0 aliphatic rings. The fourth-order valence-electron chi connectivity index (χ4n) is 1.10. The Kier molecular flexibility index (Phi) is 4.35. The van der Waals surface area contributed by atoms with Gasteiger partial charge >= 0.3 is 0 Å². The number of halogens is 2. The molecule has 0 saturated heterocycles. The number of Topliss-reactive ketones (excluding diaryl/α,β-unsaturated/α-hetero) is 1. The number of carbonyl (C=O) groups excluding carboxylic acids is 1. The van der Waals surface area contributed by atoms with E-state index in [4.69, 9.17) is 11.6 Å². The van der Waals surface area contributed by atoms with Crippen molar-refractivity contribution in [3.05, 3.63) is 28.8 Å². The minimum absolute atomic E-state index is 0.158. The largest absolute Gasteiger partial charge is 0.293 e. The lowest BCUT2D eigenvalue weighted by Gasteiger charge is -2.06. The molecule has 0 spiro atoms. The highest BCUT2D eigenvalue weighted by molar-refractivity contribution is 9.09. The Morgan fingerprint density at radius 3 is 2.56 bits per heavy atom. The van der Waals surface area contributed by atoms with Crippen molar-refractivity contribution in [1.82, 2.24) is 0 Å². The molecule has 0 saturated carbocycles. The van der Waals surface area contributed by atoms with Gasteiger partial charge in [-0.15, -0.1) is 0 Å². The van der Waals surface area contributed by atoms with Crippen molar-refractivity contribution in [3.8, 4) is 0 Å². The van der Waals surface area contributed by atoms with Crippen LogP contribution in [-0.4, -0.2) is 25.8 Å². The van der Waals surface area contributed by atoms with Gasteiger partial charge < -0.3 is 0 Å². The van der Waals surface area contributed by atoms with E-state index in [2.05, 4.69) is 20.7 Å². The average Bonchev–Trinajstić information content (AvgIpc) is 2.12. The smallest absolute Gasteiger partial charge is 0.229 e. The van der Waals surface area contributed by atoms with E-state index in [1.807, 2.05) is 0 Å². The van der Waals surface area contributed by atoms with Crippen LogP contribution in [-0.2, 0) is 10.0 Å². The maximum absolute atomic E-state index is 11.4. The Bertz CT molecular complexity index is 515. The molecule has 16 heavy (non-hydrogen) atoms. The summed E-state index contributed by atoms with van der Waals surface area (Å²) >= 11 is 8.81. The molecule has 1 aromatic carbocycles. The second-order valence-corrected chi connectivity index (χ2v) is 5.91. The molecule has 1 rings (SSSR count). The van der Waals surface area contributed by atoms with Crippen LogP contribution < -0.4 is 4.72 Å². The molecule has 88 valence electrons. The molecule has 0 aliphatic carbocycles. The van der Waals surface area contributed by atoms with Crippen LogP contribution in [0.3, 0.4) is 0 Å². The highest BCUT2D eigenvalue weighted by Crippen LogP contribution is 2.20. The maximum Gasteiger partial charge on any atom is 0.229 e. The van der Waals surface area contributed by atoms with Crippen LogP contribution in [0, 0.1) is 0 Å². The zero-order valence-electron chi connectivity index (χ0n) is 8.33. The van der Waals surface area contributed by atoms with Crippen molar-refractivity contribution in [3.63, 3.8) is 0 Å². The third-order valence-electron chi connectivity index (χ3n) is 1.64. The quantitative estimate of drug-likeness (QED) is 0.682. The molecule has 0 unspecified atom stereocenters. The van der Waals surface area contributed by atoms with Gasteiger partial charge in [0.1, 0.15) is 0 Å². The lowest BCUT2D eigenvalue weighted by molar-refractivity contribution is 0.102. The highest BCUT2D eigenvalue weighted by Gasteiger charge is 2.09. The van der Waals surface area contributed by atoms with Crippen LogP contribution >= 0.6 is 27.5 Å². The van der Waals surface area contributed by atoms with Gasteiger partial charge in [-0.1, -0.05) is 27.5 Å². The Hall–Kier alpha value is -0.590. The van der Waals surface area contributed by atoms with Gasteiger partial charge in [-0.3, -0.25) is 9.52 Å². The average molecular weight is 327 g/mol. The van der Waals surface area contributed by atoms with Gasteiger partial charge in [0.2, 0.25) is 10.0 Å². The summed E-state index contributed by atoms with van der Waals surface area (Å²) in [7, 11) is -3.37. The summed E-state index contributed by atoms with van der Waals surface area (Å²) in [6.45, 7) is 0. The molecule has 0 atom stereocenters. The summed E-state index contributed by atoms with van der Waals surface area (Å²) in [6, 6.07) is 4.36. The van der Waals surface area contributed by atoms with E-state index in [0.717, 1.165) is 6.26 Å². The third-order valence-corrected chi connectivity index (χ3v) is 2.98. The molecule has 0 amide bonds. The number of carbonyl (C=O) groups is 1. The molecule has 1 aromatic rings. The lowest BCUT2D eigenvalue weighted by Crippen LogP contribution is -2.10. The minimum atomic E-state index is -3.37. The molecule has 0 bridgehead atoms. The van der Waals surface area contributed by atoms with Gasteiger partial charge in [-0.05, 0) is 18.2 Å². The Labute approximate surface area is 107 Å². The molecule has 0 fully saturated rings. The van der Waals surface area contributed by atoms with Crippen LogP contribution in [0.15, 0.2) is 18.2 Å². The summed E-state index contributed by atoms with van der Waals surface area (Å²) in [5.41, 5.74) is 0.634. The summed E-state index contributed by atoms with van der Waals surface area (Å²) in [6.07, 6.45) is 1.03. The zero-order valence-corrected chi connectivity index (χ0v) is 11.5. The first-order chi connectivity index (χ1) is 7.31. The van der Waals surface area contributed by atoms with Crippen LogP contribution in [0.1, 0.15) is 10.4 Å². The predicted octanol–water partition coefficient (Wildman–Crippen LogP) is 2.29. The first-order valence-electron chi connectivity index (χ1n) is 4.19. The normalized spacial score (nSPS) is 11.2. The molecule has 0 radical (unpaired) electrons. The number of anilines is 1. The van der Waals surface area contributed by atoms with Crippen LogP contribution in [0.25, 0.3) is 0 Å². The molecular formula is C9H9BrClNO3S. The molecule has 4 nitrogen and oxygen atoms in total. The molecule has 0 aliphatic heterocycles. The fraction of sp³-hybridized carbons (Fsp3) is 0.222. The van der Waals surface area contributed by atoms with Crippen molar-refractivity contribution in [1.29, 1.82) is 0 Å². The van der Waals surface area contributed by atoms with Crippen molar-refractivity contribution in [2.75, 3.05) is 16.3 Å². The predicted molar refractivity (Wildman–Crippen MR) is 68.0 cm³/mol. The number of ketones is 1. The van der Waals surface area contributed by atoms with Crippen molar-refractivity contribution < 1.29 is 13.2 Å². The highest BCUT2D eigenvalue weighted by atomic mass is 79.9. The molecule has 0 heterocycles.